The lowest BCUT2D eigenvalue weighted by Gasteiger charge is -2.31. The highest BCUT2D eigenvalue weighted by Crippen LogP contribution is 2.56. The van der Waals surface area contributed by atoms with Crippen LogP contribution in [0.4, 0.5) is 33.0 Å². The molecule has 1 saturated carbocycles. The first kappa shape index (κ1) is 28.1. The van der Waals surface area contributed by atoms with Crippen molar-refractivity contribution in [1.82, 2.24) is 15.2 Å². The van der Waals surface area contributed by atoms with E-state index in [1.165, 1.54) is 49.6 Å². The van der Waals surface area contributed by atoms with Crippen LogP contribution in [-0.4, -0.2) is 60.4 Å². The van der Waals surface area contributed by atoms with Gasteiger partial charge in [0.15, 0.2) is 0 Å². The number of aliphatic imine (C=N–C) groups is 1. The number of nitrogens with zero attached hydrogens (tertiary/aromatic N) is 3. The molecule has 0 spiro atoms. The molecule has 3 aromatic rings. The maximum Gasteiger partial charge on any atom is 0.412 e. The van der Waals surface area contributed by atoms with E-state index in [9.17, 15) is 27.2 Å². The summed E-state index contributed by atoms with van der Waals surface area (Å²) in [6, 6.07) is 8.81. The smallest absolute Gasteiger partial charge is 0.412 e. The van der Waals surface area contributed by atoms with Gasteiger partial charge < -0.3 is 15.0 Å². The van der Waals surface area contributed by atoms with Crippen LogP contribution in [0.1, 0.15) is 12.0 Å². The van der Waals surface area contributed by atoms with Crippen LogP contribution in [0, 0.1) is 17.6 Å². The van der Waals surface area contributed by atoms with Crippen molar-refractivity contribution in [2.45, 2.75) is 24.4 Å². The molecule has 1 unspecified atom stereocenters. The van der Waals surface area contributed by atoms with E-state index < -0.39 is 54.3 Å². The molecule has 0 radical (unpaired) electrons. The number of alkyl halides is 2. The van der Waals surface area contributed by atoms with Crippen molar-refractivity contribution in [3.8, 4) is 0 Å². The van der Waals surface area contributed by atoms with Crippen molar-refractivity contribution in [2.24, 2.45) is 10.9 Å². The first-order chi connectivity index (χ1) is 18.5. The van der Waals surface area contributed by atoms with Gasteiger partial charge in [-0.1, -0.05) is 23.7 Å². The molecule has 0 saturated heterocycles. The third-order valence-corrected chi connectivity index (χ3v) is 7.10. The minimum Gasteiger partial charge on any atom is -0.447 e. The van der Waals surface area contributed by atoms with E-state index in [0.29, 0.717) is 16.3 Å². The van der Waals surface area contributed by atoms with Gasteiger partial charge in [0.05, 0.1) is 16.5 Å². The zero-order chi connectivity index (χ0) is 28.4. The van der Waals surface area contributed by atoms with Crippen molar-refractivity contribution in [3.63, 3.8) is 0 Å². The number of urea groups is 1. The molecule has 1 heterocycles. The Balaban J connectivity index is 1.45. The van der Waals surface area contributed by atoms with Gasteiger partial charge in [0, 0.05) is 25.2 Å². The van der Waals surface area contributed by atoms with Crippen molar-refractivity contribution in [1.29, 1.82) is 0 Å². The molecule has 0 bridgehead atoms. The van der Waals surface area contributed by atoms with E-state index in [-0.39, 0.29) is 23.8 Å². The highest BCUT2D eigenvalue weighted by molar-refractivity contribution is 6.31. The molecule has 13 heteroatoms. The zero-order valence-corrected chi connectivity index (χ0v) is 21.4. The Kier molecular flexibility index (Phi) is 7.96. The van der Waals surface area contributed by atoms with Gasteiger partial charge in [-0.25, -0.2) is 32.1 Å². The van der Waals surface area contributed by atoms with Crippen LogP contribution in [-0.2, 0) is 11.3 Å². The molecule has 3 amide bonds. The zero-order valence-electron chi connectivity index (χ0n) is 20.7. The lowest BCUT2D eigenvalue weighted by Crippen LogP contribution is -2.51. The molecule has 4 rings (SSSR count). The number of aromatic nitrogens is 1. The van der Waals surface area contributed by atoms with Crippen LogP contribution in [0.2, 0.25) is 5.02 Å². The number of nitrogens with one attached hydrogen (secondary N) is 2. The average molecular weight is 566 g/mol. The summed E-state index contributed by atoms with van der Waals surface area (Å²) in [5.41, 5.74) is -1.26. The highest BCUT2D eigenvalue weighted by Gasteiger charge is 2.69. The molecule has 2 N–H and O–H groups in total. The Bertz CT molecular complexity index is 1430. The summed E-state index contributed by atoms with van der Waals surface area (Å²) in [6.07, 6.45) is 0.240. The second-order valence-electron chi connectivity index (χ2n) is 9.20. The Morgan fingerprint density at radius 1 is 1.26 bits per heavy atom. The molecule has 2 aromatic carbocycles. The Hall–Kier alpha value is -3.93. The molecule has 0 aliphatic heterocycles. The predicted octanol–water partition coefficient (Wildman–Crippen LogP) is 5.65. The van der Waals surface area contributed by atoms with Crippen LogP contribution in [0.5, 0.6) is 0 Å². The number of rotatable bonds is 9. The maximum absolute atomic E-state index is 14.8. The number of anilines is 1. The molecule has 1 fully saturated rings. The van der Waals surface area contributed by atoms with Crippen LogP contribution < -0.4 is 10.6 Å². The minimum atomic E-state index is -3.33. The lowest BCUT2D eigenvalue weighted by molar-refractivity contribution is -0.0347. The van der Waals surface area contributed by atoms with Gasteiger partial charge in [-0.3, -0.25) is 10.3 Å². The van der Waals surface area contributed by atoms with Crippen LogP contribution in [0.25, 0.3) is 10.8 Å². The number of hydrogen-bond donors (Lipinski definition) is 2. The summed E-state index contributed by atoms with van der Waals surface area (Å²) in [5, 5.41) is 5.85. The van der Waals surface area contributed by atoms with Crippen molar-refractivity contribution in [2.75, 3.05) is 25.5 Å². The molecule has 1 aliphatic rings. The first-order valence-electron chi connectivity index (χ1n) is 11.7. The van der Waals surface area contributed by atoms with E-state index in [0.717, 1.165) is 11.0 Å². The fourth-order valence-corrected chi connectivity index (χ4v) is 4.60. The number of carbonyl (C=O) groups is 2. The molecule has 206 valence electrons. The third kappa shape index (κ3) is 6.06. The van der Waals surface area contributed by atoms with E-state index in [4.69, 9.17) is 16.3 Å². The van der Waals surface area contributed by atoms with Crippen molar-refractivity contribution < 1.29 is 31.9 Å². The van der Waals surface area contributed by atoms with Crippen molar-refractivity contribution in [3.05, 3.63) is 70.9 Å². The van der Waals surface area contributed by atoms with Gasteiger partial charge in [0.2, 0.25) is 0 Å². The number of ether oxygens (including phenoxy) is 1. The fraction of sp³-hybridized carbons (Fsp3) is 0.308. The largest absolute Gasteiger partial charge is 0.447 e. The molecule has 2 atom stereocenters. The van der Waals surface area contributed by atoms with E-state index in [1.807, 2.05) is 0 Å². The Morgan fingerprint density at radius 2 is 2.03 bits per heavy atom. The number of hydrogen-bond acceptors (Lipinski definition) is 5. The van der Waals surface area contributed by atoms with E-state index >= 15 is 0 Å². The number of pyridine rings is 1. The topological polar surface area (TPSA) is 95.9 Å². The number of carbonyl (C=O) groups excluding carboxylic acids is 2. The third-order valence-electron chi connectivity index (χ3n) is 6.68. The Labute approximate surface area is 226 Å². The van der Waals surface area contributed by atoms with Gasteiger partial charge in [0.25, 0.3) is 5.92 Å². The van der Waals surface area contributed by atoms with Gasteiger partial charge >= 0.3 is 12.1 Å². The molecule has 1 aromatic heterocycles. The summed E-state index contributed by atoms with van der Waals surface area (Å²) in [7, 11) is 1.29. The standard InChI is InChI=1S/C26H24ClF4N5O3/c1-32-13-26(30,31)20-10-25(20,36(2)23(37)34-12-16-4-3-5-19(29)22(16)27)14-39-24(38)35-21-9-17-8-18(28)7-6-15(17)11-33-21/h3-9,11,20H,1,10,12-14H2,2H3,(H,34,37)(H,33,35,38)/t20-,25?/m1/s1. The second-order valence-corrected chi connectivity index (χ2v) is 9.57. The second kappa shape index (κ2) is 11.0. The number of halogens is 5. The van der Waals surface area contributed by atoms with E-state index in [1.54, 1.807) is 0 Å². The summed E-state index contributed by atoms with van der Waals surface area (Å²) in [6.45, 7) is 1.51. The summed E-state index contributed by atoms with van der Waals surface area (Å²) < 4.78 is 62.1. The number of amides is 3. The number of fused-ring (bicyclic) bond motifs is 1. The normalized spacial score (nSPS) is 18.4. The minimum absolute atomic E-state index is 0.0544. The molecular formula is C26H24ClF4N5O3. The molecule has 1 aliphatic carbocycles. The summed E-state index contributed by atoms with van der Waals surface area (Å²) >= 11 is 5.92. The van der Waals surface area contributed by atoms with Gasteiger partial charge in [-0.15, -0.1) is 0 Å². The summed E-state index contributed by atoms with van der Waals surface area (Å²) in [4.78, 5) is 33.8. The lowest BCUT2D eigenvalue weighted by atomic mass is 10.1. The van der Waals surface area contributed by atoms with Gasteiger partial charge in [-0.2, -0.15) is 0 Å². The summed E-state index contributed by atoms with van der Waals surface area (Å²) in [5.74, 6) is -5.79. The monoisotopic (exact) mass is 565 g/mol. The molecular weight excluding hydrogens is 542 g/mol. The number of likely N-dealkylation sites (N-methyl/N-ethyl adjacent to an activating group) is 1. The molecule has 8 nitrogen and oxygen atoms in total. The number of benzene rings is 2. The van der Waals surface area contributed by atoms with Gasteiger partial charge in [-0.05, 0) is 54.4 Å². The maximum atomic E-state index is 14.8. The fourth-order valence-electron chi connectivity index (χ4n) is 4.41. The predicted molar refractivity (Wildman–Crippen MR) is 138 cm³/mol. The van der Waals surface area contributed by atoms with E-state index in [2.05, 4.69) is 27.3 Å². The van der Waals surface area contributed by atoms with Crippen LogP contribution in [0.3, 0.4) is 0 Å². The van der Waals surface area contributed by atoms with Crippen molar-refractivity contribution >= 4 is 47.0 Å². The van der Waals surface area contributed by atoms with Gasteiger partial charge in [0.1, 0.15) is 30.6 Å². The highest BCUT2D eigenvalue weighted by atomic mass is 35.5. The van der Waals surface area contributed by atoms with Crippen LogP contribution in [0.15, 0.2) is 53.7 Å². The average Bonchev–Trinajstić information content (AvgIpc) is 3.64. The quantitative estimate of drug-likeness (QED) is 0.259. The SMILES string of the molecule is C=NCC(F)(F)[C@@H]1CC1(COC(=O)Nc1cc2cc(F)ccc2cn1)N(C)C(=O)NCc1cccc(F)c1Cl. The Morgan fingerprint density at radius 3 is 2.77 bits per heavy atom. The first-order valence-corrected chi connectivity index (χ1v) is 12.1. The van der Waals surface area contributed by atoms with Crippen LogP contribution >= 0.6 is 11.6 Å². The molecule has 39 heavy (non-hydrogen) atoms.